The van der Waals surface area contributed by atoms with E-state index in [-0.39, 0.29) is 5.97 Å². The molecule has 112 valence electrons. The predicted octanol–water partition coefficient (Wildman–Crippen LogP) is 3.33. The number of aryl methyl sites for hydroxylation is 1. The van der Waals surface area contributed by atoms with Crippen LogP contribution in [0.15, 0.2) is 28.1 Å². The van der Waals surface area contributed by atoms with Gasteiger partial charge in [0.2, 0.25) is 0 Å². The maximum absolute atomic E-state index is 11.4. The van der Waals surface area contributed by atoms with Gasteiger partial charge in [-0.25, -0.2) is 9.78 Å². The van der Waals surface area contributed by atoms with E-state index in [2.05, 4.69) is 31.6 Å². The Morgan fingerprint density at radius 3 is 2.90 bits per heavy atom. The molecular formula is C15H17BrN2O2S. The molecule has 21 heavy (non-hydrogen) atoms. The van der Waals surface area contributed by atoms with E-state index < -0.39 is 0 Å². The molecule has 0 fully saturated rings. The minimum absolute atomic E-state index is 0.325. The molecule has 1 heterocycles. The van der Waals surface area contributed by atoms with Crippen LogP contribution in [0, 0.1) is 6.92 Å². The Balaban J connectivity index is 1.84. The number of halogens is 1. The van der Waals surface area contributed by atoms with Crippen molar-refractivity contribution >= 4 is 33.2 Å². The SMILES string of the molecule is COC(=O)c1ccc(CNCCc2csc(C)n2)c(Br)c1. The van der Waals surface area contributed by atoms with Crippen molar-refractivity contribution in [1.82, 2.24) is 10.3 Å². The summed E-state index contributed by atoms with van der Waals surface area (Å²) in [5.74, 6) is -0.325. The summed E-state index contributed by atoms with van der Waals surface area (Å²) in [6.07, 6.45) is 0.919. The first-order valence-electron chi connectivity index (χ1n) is 6.58. The molecule has 1 aromatic heterocycles. The Morgan fingerprint density at radius 1 is 1.48 bits per heavy atom. The number of esters is 1. The molecule has 0 saturated heterocycles. The maximum Gasteiger partial charge on any atom is 0.337 e. The van der Waals surface area contributed by atoms with Gasteiger partial charge in [0.15, 0.2) is 0 Å². The smallest absolute Gasteiger partial charge is 0.337 e. The van der Waals surface area contributed by atoms with E-state index in [1.165, 1.54) is 7.11 Å². The van der Waals surface area contributed by atoms with Crippen LogP contribution in [0.2, 0.25) is 0 Å². The Kier molecular flexibility index (Phi) is 5.90. The fraction of sp³-hybridized carbons (Fsp3) is 0.333. The van der Waals surface area contributed by atoms with Gasteiger partial charge in [-0.3, -0.25) is 0 Å². The lowest BCUT2D eigenvalue weighted by atomic mass is 10.1. The minimum Gasteiger partial charge on any atom is -0.465 e. The van der Waals surface area contributed by atoms with Crippen molar-refractivity contribution in [2.24, 2.45) is 0 Å². The second-order valence-corrected chi connectivity index (χ2v) is 6.50. The van der Waals surface area contributed by atoms with Gasteiger partial charge in [-0.1, -0.05) is 22.0 Å². The van der Waals surface area contributed by atoms with Gasteiger partial charge in [0, 0.05) is 29.4 Å². The number of ether oxygens (including phenoxy) is 1. The third kappa shape index (κ3) is 4.62. The van der Waals surface area contributed by atoms with Crippen molar-refractivity contribution in [3.8, 4) is 0 Å². The average Bonchev–Trinajstić information content (AvgIpc) is 2.89. The average molecular weight is 369 g/mol. The number of nitrogens with zero attached hydrogens (tertiary/aromatic N) is 1. The lowest BCUT2D eigenvalue weighted by molar-refractivity contribution is 0.0600. The second-order valence-electron chi connectivity index (χ2n) is 4.58. The van der Waals surface area contributed by atoms with E-state index in [4.69, 9.17) is 4.74 Å². The largest absolute Gasteiger partial charge is 0.465 e. The number of methoxy groups -OCH3 is 1. The first kappa shape index (κ1) is 16.1. The highest BCUT2D eigenvalue weighted by atomic mass is 79.9. The minimum atomic E-state index is -0.325. The molecule has 6 heteroatoms. The summed E-state index contributed by atoms with van der Waals surface area (Å²) in [6, 6.07) is 5.49. The summed E-state index contributed by atoms with van der Waals surface area (Å²) in [6.45, 7) is 3.63. The van der Waals surface area contributed by atoms with Crippen LogP contribution in [0.4, 0.5) is 0 Å². The van der Waals surface area contributed by atoms with E-state index in [0.29, 0.717) is 5.56 Å². The summed E-state index contributed by atoms with van der Waals surface area (Å²) in [4.78, 5) is 15.9. The topological polar surface area (TPSA) is 51.2 Å². The molecule has 1 N–H and O–H groups in total. The fourth-order valence-electron chi connectivity index (χ4n) is 1.90. The van der Waals surface area contributed by atoms with Crippen LogP contribution < -0.4 is 5.32 Å². The van der Waals surface area contributed by atoms with Crippen molar-refractivity contribution in [1.29, 1.82) is 0 Å². The number of carbonyl (C=O) groups excluding carboxylic acids is 1. The highest BCUT2D eigenvalue weighted by Gasteiger charge is 2.08. The predicted molar refractivity (Wildman–Crippen MR) is 87.7 cm³/mol. The molecule has 0 bridgehead atoms. The van der Waals surface area contributed by atoms with Crippen molar-refractivity contribution in [3.63, 3.8) is 0 Å². The quantitative estimate of drug-likeness (QED) is 0.627. The zero-order valence-corrected chi connectivity index (χ0v) is 14.4. The number of nitrogens with one attached hydrogen (secondary N) is 1. The lowest BCUT2D eigenvalue weighted by Gasteiger charge is -2.08. The maximum atomic E-state index is 11.4. The van der Waals surface area contributed by atoms with Gasteiger partial charge in [-0.15, -0.1) is 11.3 Å². The summed E-state index contributed by atoms with van der Waals surface area (Å²) >= 11 is 5.16. The summed E-state index contributed by atoms with van der Waals surface area (Å²) in [7, 11) is 1.38. The molecule has 0 aliphatic carbocycles. The Bertz CT molecular complexity index is 628. The molecule has 0 spiro atoms. The molecule has 0 saturated carbocycles. The summed E-state index contributed by atoms with van der Waals surface area (Å²) in [5, 5.41) is 6.58. The standard InChI is InChI=1S/C15H17BrN2O2S/c1-10-18-13(9-21-10)5-6-17-8-12-4-3-11(7-14(12)16)15(19)20-2/h3-4,7,9,17H,5-6,8H2,1-2H3. The normalized spacial score (nSPS) is 10.6. The highest BCUT2D eigenvalue weighted by molar-refractivity contribution is 9.10. The highest BCUT2D eigenvalue weighted by Crippen LogP contribution is 2.19. The number of thiazole rings is 1. The van der Waals surface area contributed by atoms with Crippen LogP contribution in [-0.2, 0) is 17.7 Å². The van der Waals surface area contributed by atoms with Crippen LogP contribution in [-0.4, -0.2) is 24.6 Å². The summed E-state index contributed by atoms with van der Waals surface area (Å²) in [5.41, 5.74) is 2.79. The Labute approximate surface area is 136 Å². The molecule has 1 aromatic carbocycles. The van der Waals surface area contributed by atoms with Gasteiger partial charge < -0.3 is 10.1 Å². The molecule has 0 aliphatic heterocycles. The fourth-order valence-corrected chi connectivity index (χ4v) is 3.06. The van der Waals surface area contributed by atoms with Crippen LogP contribution in [0.5, 0.6) is 0 Å². The number of benzene rings is 1. The van der Waals surface area contributed by atoms with Crippen LogP contribution in [0.25, 0.3) is 0 Å². The van der Waals surface area contributed by atoms with Gasteiger partial charge in [-0.05, 0) is 24.6 Å². The first-order chi connectivity index (χ1) is 10.1. The van der Waals surface area contributed by atoms with Crippen LogP contribution in [0.1, 0.15) is 26.6 Å². The number of rotatable bonds is 6. The van der Waals surface area contributed by atoms with Crippen molar-refractivity contribution < 1.29 is 9.53 Å². The number of hydrogen-bond donors (Lipinski definition) is 1. The van der Waals surface area contributed by atoms with Crippen molar-refractivity contribution in [2.45, 2.75) is 19.9 Å². The third-order valence-electron chi connectivity index (χ3n) is 3.01. The van der Waals surface area contributed by atoms with Gasteiger partial charge in [0.1, 0.15) is 0 Å². The van der Waals surface area contributed by atoms with Gasteiger partial charge in [-0.2, -0.15) is 0 Å². The molecule has 0 amide bonds. The van der Waals surface area contributed by atoms with E-state index in [0.717, 1.165) is 40.2 Å². The molecule has 2 rings (SSSR count). The van der Waals surface area contributed by atoms with E-state index in [9.17, 15) is 4.79 Å². The van der Waals surface area contributed by atoms with Gasteiger partial charge in [0.25, 0.3) is 0 Å². The molecule has 4 nitrogen and oxygen atoms in total. The molecule has 0 atom stereocenters. The van der Waals surface area contributed by atoms with E-state index in [1.54, 1.807) is 23.5 Å². The van der Waals surface area contributed by atoms with E-state index in [1.807, 2.05) is 13.0 Å². The third-order valence-corrected chi connectivity index (χ3v) is 4.57. The molecular weight excluding hydrogens is 352 g/mol. The molecule has 2 aromatic rings. The number of aromatic nitrogens is 1. The van der Waals surface area contributed by atoms with Crippen LogP contribution >= 0.6 is 27.3 Å². The van der Waals surface area contributed by atoms with Gasteiger partial charge >= 0.3 is 5.97 Å². The first-order valence-corrected chi connectivity index (χ1v) is 8.26. The number of hydrogen-bond acceptors (Lipinski definition) is 5. The van der Waals surface area contributed by atoms with Crippen molar-refractivity contribution in [3.05, 3.63) is 49.9 Å². The lowest BCUT2D eigenvalue weighted by Crippen LogP contribution is -2.17. The van der Waals surface area contributed by atoms with Crippen LogP contribution in [0.3, 0.4) is 0 Å². The van der Waals surface area contributed by atoms with E-state index >= 15 is 0 Å². The second kappa shape index (κ2) is 7.68. The molecule has 0 radical (unpaired) electrons. The van der Waals surface area contributed by atoms with Crippen molar-refractivity contribution in [2.75, 3.05) is 13.7 Å². The zero-order valence-electron chi connectivity index (χ0n) is 12.0. The number of carbonyl (C=O) groups is 1. The Hall–Kier alpha value is -1.24. The molecule has 0 unspecified atom stereocenters. The monoisotopic (exact) mass is 368 g/mol. The Morgan fingerprint density at radius 2 is 2.29 bits per heavy atom. The zero-order chi connectivity index (χ0) is 15.2. The van der Waals surface area contributed by atoms with Gasteiger partial charge in [0.05, 0.1) is 23.4 Å². The summed E-state index contributed by atoms with van der Waals surface area (Å²) < 4.78 is 5.60. The molecule has 0 aliphatic rings.